The first-order valence-electron chi connectivity index (χ1n) is 5.82. The van der Waals surface area contributed by atoms with E-state index in [2.05, 4.69) is 51.9 Å². The van der Waals surface area contributed by atoms with Gasteiger partial charge >= 0.3 is 0 Å². The van der Waals surface area contributed by atoms with Crippen LogP contribution in [0, 0.1) is 20.8 Å². The molecule has 2 heteroatoms. The molecule has 0 aliphatic carbocycles. The van der Waals surface area contributed by atoms with Gasteiger partial charge in [0.05, 0.1) is 0 Å². The summed E-state index contributed by atoms with van der Waals surface area (Å²) < 4.78 is 0. The van der Waals surface area contributed by atoms with Crippen LogP contribution in [-0.4, -0.2) is 30.7 Å². The van der Waals surface area contributed by atoms with Crippen LogP contribution in [0.1, 0.15) is 34.7 Å². The van der Waals surface area contributed by atoms with Crippen molar-refractivity contribution >= 4 is 0 Å². The van der Waals surface area contributed by atoms with Crippen molar-refractivity contribution in [1.29, 1.82) is 0 Å². The zero-order valence-electron chi connectivity index (χ0n) is 11.0. The van der Waals surface area contributed by atoms with Gasteiger partial charge in [-0.05, 0) is 63.5 Å². The molecule has 0 aliphatic heterocycles. The highest BCUT2D eigenvalue weighted by Gasteiger charge is 2.16. The molecule has 1 aromatic rings. The predicted molar refractivity (Wildman–Crippen MR) is 68.8 cm³/mol. The molecular weight excluding hydrogens is 198 g/mol. The minimum Gasteiger partial charge on any atom is -0.396 e. The standard InChI is InChI=1S/C14H23NO/c1-10-8-12(3)13(9-11(10)2)14(6-7-16)15(4)5/h8-9,14,16H,6-7H2,1-5H3. The van der Waals surface area contributed by atoms with Gasteiger partial charge in [0.2, 0.25) is 0 Å². The SMILES string of the molecule is Cc1cc(C)c(C(CCO)N(C)C)cc1C. The summed E-state index contributed by atoms with van der Waals surface area (Å²) in [5.41, 5.74) is 5.31. The minimum atomic E-state index is 0.231. The quantitative estimate of drug-likeness (QED) is 0.844. The van der Waals surface area contributed by atoms with Gasteiger partial charge in [-0.1, -0.05) is 12.1 Å². The van der Waals surface area contributed by atoms with E-state index >= 15 is 0 Å². The monoisotopic (exact) mass is 221 g/mol. The van der Waals surface area contributed by atoms with Crippen LogP contribution in [0.5, 0.6) is 0 Å². The number of benzene rings is 1. The molecule has 0 spiro atoms. The number of aliphatic hydroxyl groups excluding tert-OH is 1. The molecular formula is C14H23NO. The third-order valence-electron chi connectivity index (χ3n) is 3.27. The Bertz CT molecular complexity index is 358. The second-order valence-electron chi connectivity index (χ2n) is 4.78. The molecule has 1 unspecified atom stereocenters. The van der Waals surface area contributed by atoms with Crippen LogP contribution >= 0.6 is 0 Å². The normalized spacial score (nSPS) is 13.2. The van der Waals surface area contributed by atoms with E-state index in [1.165, 1.54) is 22.3 Å². The maximum Gasteiger partial charge on any atom is 0.0449 e. The molecule has 1 N–H and O–H groups in total. The maximum absolute atomic E-state index is 9.13. The first kappa shape index (κ1) is 13.2. The van der Waals surface area contributed by atoms with Gasteiger partial charge in [-0.25, -0.2) is 0 Å². The Balaban J connectivity index is 3.13. The van der Waals surface area contributed by atoms with Gasteiger partial charge < -0.3 is 10.0 Å². The molecule has 0 aliphatic rings. The number of hydrogen-bond donors (Lipinski definition) is 1. The zero-order chi connectivity index (χ0) is 12.3. The van der Waals surface area contributed by atoms with Gasteiger partial charge in [-0.3, -0.25) is 0 Å². The van der Waals surface area contributed by atoms with Crippen molar-refractivity contribution in [3.05, 3.63) is 34.4 Å². The Morgan fingerprint density at radius 2 is 1.62 bits per heavy atom. The summed E-state index contributed by atoms with van der Waals surface area (Å²) in [5.74, 6) is 0. The second kappa shape index (κ2) is 5.46. The summed E-state index contributed by atoms with van der Waals surface area (Å²) in [6.45, 7) is 6.66. The minimum absolute atomic E-state index is 0.231. The van der Waals surface area contributed by atoms with Crippen LogP contribution in [-0.2, 0) is 0 Å². The molecule has 0 saturated heterocycles. The average Bonchev–Trinajstić information content (AvgIpc) is 2.20. The van der Waals surface area contributed by atoms with Gasteiger partial charge in [-0.2, -0.15) is 0 Å². The van der Waals surface area contributed by atoms with Crippen molar-refractivity contribution in [3.63, 3.8) is 0 Å². The topological polar surface area (TPSA) is 23.5 Å². The lowest BCUT2D eigenvalue weighted by molar-refractivity contribution is 0.210. The fourth-order valence-electron chi connectivity index (χ4n) is 2.16. The second-order valence-corrected chi connectivity index (χ2v) is 4.78. The molecule has 0 fully saturated rings. The van der Waals surface area contributed by atoms with Crippen LogP contribution in [0.3, 0.4) is 0 Å². The van der Waals surface area contributed by atoms with Crippen LogP contribution in [0.25, 0.3) is 0 Å². The predicted octanol–water partition coefficient (Wildman–Crippen LogP) is 2.60. The molecule has 2 nitrogen and oxygen atoms in total. The van der Waals surface area contributed by atoms with E-state index in [1.54, 1.807) is 0 Å². The van der Waals surface area contributed by atoms with Gasteiger partial charge in [-0.15, -0.1) is 0 Å². The molecule has 0 heterocycles. The third kappa shape index (κ3) is 2.83. The van der Waals surface area contributed by atoms with E-state index in [-0.39, 0.29) is 6.61 Å². The lowest BCUT2D eigenvalue weighted by atomic mass is 9.94. The van der Waals surface area contributed by atoms with Crippen molar-refractivity contribution in [2.75, 3.05) is 20.7 Å². The van der Waals surface area contributed by atoms with Crippen molar-refractivity contribution in [2.45, 2.75) is 33.2 Å². The Morgan fingerprint density at radius 3 is 2.12 bits per heavy atom. The number of aryl methyl sites for hydroxylation is 3. The van der Waals surface area contributed by atoms with Crippen molar-refractivity contribution in [2.24, 2.45) is 0 Å². The van der Waals surface area contributed by atoms with E-state index in [0.29, 0.717) is 6.04 Å². The number of nitrogens with zero attached hydrogens (tertiary/aromatic N) is 1. The van der Waals surface area contributed by atoms with Crippen molar-refractivity contribution in [1.82, 2.24) is 4.90 Å². The first-order valence-corrected chi connectivity index (χ1v) is 5.82. The Kier molecular flexibility index (Phi) is 4.51. The van der Waals surface area contributed by atoms with Gasteiger partial charge in [0.25, 0.3) is 0 Å². The lowest BCUT2D eigenvalue weighted by Crippen LogP contribution is -2.22. The first-order chi connectivity index (χ1) is 7.47. The van der Waals surface area contributed by atoms with E-state index in [4.69, 9.17) is 5.11 Å². The molecule has 90 valence electrons. The van der Waals surface area contributed by atoms with Crippen LogP contribution in [0.4, 0.5) is 0 Å². The largest absolute Gasteiger partial charge is 0.396 e. The summed E-state index contributed by atoms with van der Waals surface area (Å²) in [6, 6.07) is 4.80. The summed E-state index contributed by atoms with van der Waals surface area (Å²) >= 11 is 0. The fourth-order valence-corrected chi connectivity index (χ4v) is 2.16. The molecule has 16 heavy (non-hydrogen) atoms. The smallest absolute Gasteiger partial charge is 0.0449 e. The summed E-state index contributed by atoms with van der Waals surface area (Å²) in [5, 5.41) is 9.13. The molecule has 1 atom stereocenters. The third-order valence-corrected chi connectivity index (χ3v) is 3.27. The van der Waals surface area contributed by atoms with Crippen molar-refractivity contribution in [3.8, 4) is 0 Å². The Labute approximate surface area is 98.9 Å². The van der Waals surface area contributed by atoms with Gasteiger partial charge in [0, 0.05) is 12.6 Å². The fraction of sp³-hybridized carbons (Fsp3) is 0.571. The molecule has 0 saturated carbocycles. The van der Waals surface area contributed by atoms with E-state index < -0.39 is 0 Å². The van der Waals surface area contributed by atoms with Crippen LogP contribution < -0.4 is 0 Å². The van der Waals surface area contributed by atoms with Crippen LogP contribution in [0.15, 0.2) is 12.1 Å². The maximum atomic E-state index is 9.13. The van der Waals surface area contributed by atoms with E-state index in [9.17, 15) is 0 Å². The lowest BCUT2D eigenvalue weighted by Gasteiger charge is -2.26. The molecule has 1 aromatic carbocycles. The van der Waals surface area contributed by atoms with Gasteiger partial charge in [0.15, 0.2) is 0 Å². The molecule has 0 amide bonds. The molecule has 0 bridgehead atoms. The Morgan fingerprint density at radius 1 is 1.06 bits per heavy atom. The number of hydrogen-bond acceptors (Lipinski definition) is 2. The highest BCUT2D eigenvalue weighted by molar-refractivity contribution is 5.38. The average molecular weight is 221 g/mol. The molecule has 0 aromatic heterocycles. The number of rotatable bonds is 4. The summed E-state index contributed by atoms with van der Waals surface area (Å²) in [4.78, 5) is 2.17. The Hall–Kier alpha value is -0.860. The zero-order valence-corrected chi connectivity index (χ0v) is 11.0. The highest BCUT2D eigenvalue weighted by Crippen LogP contribution is 2.27. The molecule has 0 radical (unpaired) electrons. The summed E-state index contributed by atoms with van der Waals surface area (Å²) in [6.07, 6.45) is 0.788. The number of aliphatic hydroxyl groups is 1. The highest BCUT2D eigenvalue weighted by atomic mass is 16.3. The molecule has 1 rings (SSSR count). The summed E-state index contributed by atoms with van der Waals surface area (Å²) in [7, 11) is 4.13. The van der Waals surface area contributed by atoms with Crippen LogP contribution in [0.2, 0.25) is 0 Å². The van der Waals surface area contributed by atoms with E-state index in [1.807, 2.05) is 0 Å². The van der Waals surface area contributed by atoms with Gasteiger partial charge in [0.1, 0.15) is 0 Å². The van der Waals surface area contributed by atoms with E-state index in [0.717, 1.165) is 6.42 Å². The van der Waals surface area contributed by atoms with Crippen molar-refractivity contribution < 1.29 is 5.11 Å².